The van der Waals surface area contributed by atoms with Gasteiger partial charge in [0.2, 0.25) is 0 Å². The summed E-state index contributed by atoms with van der Waals surface area (Å²) < 4.78 is 5.44. The lowest BCUT2D eigenvalue weighted by Crippen LogP contribution is -2.46. The highest BCUT2D eigenvalue weighted by Gasteiger charge is 2.31. The quantitative estimate of drug-likeness (QED) is 0.876. The lowest BCUT2D eigenvalue weighted by molar-refractivity contribution is -0.124. The first-order chi connectivity index (χ1) is 9.97. The van der Waals surface area contributed by atoms with Gasteiger partial charge in [-0.25, -0.2) is 0 Å². The SMILES string of the molecule is Cc1cccc(OCC(=O)NCC2(O)CCC(C)CC2)c1. The van der Waals surface area contributed by atoms with Crippen molar-refractivity contribution < 1.29 is 14.6 Å². The lowest BCUT2D eigenvalue weighted by atomic mass is 9.79. The molecule has 0 saturated heterocycles. The maximum absolute atomic E-state index is 11.8. The van der Waals surface area contributed by atoms with Crippen LogP contribution in [0.3, 0.4) is 0 Å². The molecule has 0 spiro atoms. The monoisotopic (exact) mass is 291 g/mol. The van der Waals surface area contributed by atoms with E-state index in [1.165, 1.54) is 0 Å². The lowest BCUT2D eigenvalue weighted by Gasteiger charge is -2.34. The molecule has 0 unspecified atom stereocenters. The molecule has 1 aliphatic carbocycles. The molecule has 1 aromatic carbocycles. The Hall–Kier alpha value is -1.55. The predicted molar refractivity (Wildman–Crippen MR) is 82.3 cm³/mol. The van der Waals surface area contributed by atoms with E-state index in [0.717, 1.165) is 31.2 Å². The van der Waals surface area contributed by atoms with E-state index >= 15 is 0 Å². The molecule has 4 heteroatoms. The summed E-state index contributed by atoms with van der Waals surface area (Å²) in [7, 11) is 0. The molecule has 116 valence electrons. The zero-order valence-corrected chi connectivity index (χ0v) is 12.9. The highest BCUT2D eigenvalue weighted by atomic mass is 16.5. The minimum absolute atomic E-state index is 0.0179. The van der Waals surface area contributed by atoms with E-state index in [9.17, 15) is 9.90 Å². The highest BCUT2D eigenvalue weighted by Crippen LogP contribution is 2.31. The standard InChI is InChI=1S/C17H25NO3/c1-13-6-8-17(20,9-7-13)12-18-16(19)11-21-15-5-3-4-14(2)10-15/h3-5,10,13,20H,6-9,11-12H2,1-2H3,(H,18,19). The Bertz CT molecular complexity index is 479. The third-order valence-corrected chi connectivity index (χ3v) is 4.18. The van der Waals surface area contributed by atoms with Gasteiger partial charge in [0.05, 0.1) is 5.60 Å². The van der Waals surface area contributed by atoms with Gasteiger partial charge < -0.3 is 15.2 Å². The summed E-state index contributed by atoms with van der Waals surface area (Å²) in [6.07, 6.45) is 3.55. The first-order valence-electron chi connectivity index (χ1n) is 7.65. The number of carbonyl (C=O) groups is 1. The Labute approximate surface area is 126 Å². The molecule has 0 bridgehead atoms. The van der Waals surface area contributed by atoms with Crippen molar-refractivity contribution in [1.29, 1.82) is 0 Å². The minimum Gasteiger partial charge on any atom is -0.484 e. The van der Waals surface area contributed by atoms with Gasteiger partial charge in [0, 0.05) is 6.54 Å². The molecule has 1 fully saturated rings. The third kappa shape index (κ3) is 5.05. The van der Waals surface area contributed by atoms with E-state index < -0.39 is 5.60 Å². The molecular weight excluding hydrogens is 266 g/mol. The molecule has 21 heavy (non-hydrogen) atoms. The molecule has 2 N–H and O–H groups in total. The summed E-state index contributed by atoms with van der Waals surface area (Å²) in [5.74, 6) is 1.17. The van der Waals surface area contributed by atoms with Crippen LogP contribution in [0.15, 0.2) is 24.3 Å². The first-order valence-corrected chi connectivity index (χ1v) is 7.65. The number of aryl methyl sites for hydroxylation is 1. The number of nitrogens with one attached hydrogen (secondary N) is 1. The molecule has 0 radical (unpaired) electrons. The van der Waals surface area contributed by atoms with Crippen molar-refractivity contribution in [3.8, 4) is 5.75 Å². The second-order valence-corrected chi connectivity index (χ2v) is 6.29. The minimum atomic E-state index is -0.745. The zero-order valence-electron chi connectivity index (χ0n) is 12.9. The van der Waals surface area contributed by atoms with Crippen LogP contribution in [0.2, 0.25) is 0 Å². The van der Waals surface area contributed by atoms with Crippen LogP contribution in [-0.2, 0) is 4.79 Å². The van der Waals surface area contributed by atoms with Gasteiger partial charge >= 0.3 is 0 Å². The van der Waals surface area contributed by atoms with E-state index in [1.54, 1.807) is 0 Å². The Morgan fingerprint density at radius 1 is 1.43 bits per heavy atom. The third-order valence-electron chi connectivity index (χ3n) is 4.18. The molecule has 1 aliphatic rings. The summed E-state index contributed by atoms with van der Waals surface area (Å²) in [5, 5.41) is 13.2. The van der Waals surface area contributed by atoms with Crippen LogP contribution in [0.5, 0.6) is 5.75 Å². The molecule has 2 rings (SSSR count). The number of rotatable bonds is 5. The summed E-state index contributed by atoms with van der Waals surface area (Å²) >= 11 is 0. The van der Waals surface area contributed by atoms with Gasteiger partial charge in [-0.3, -0.25) is 4.79 Å². The number of ether oxygens (including phenoxy) is 1. The summed E-state index contributed by atoms with van der Waals surface area (Å²) in [6, 6.07) is 7.60. The fraction of sp³-hybridized carbons (Fsp3) is 0.588. The Morgan fingerprint density at radius 3 is 2.81 bits per heavy atom. The average molecular weight is 291 g/mol. The largest absolute Gasteiger partial charge is 0.484 e. The Balaban J connectivity index is 1.72. The van der Waals surface area contributed by atoms with Crippen molar-refractivity contribution in [3.63, 3.8) is 0 Å². The van der Waals surface area contributed by atoms with Crippen molar-refractivity contribution in [3.05, 3.63) is 29.8 Å². The summed E-state index contributed by atoms with van der Waals surface area (Å²) in [5.41, 5.74) is 0.351. The summed E-state index contributed by atoms with van der Waals surface area (Å²) in [6.45, 7) is 4.48. The zero-order chi connectivity index (χ0) is 15.3. The number of carbonyl (C=O) groups excluding carboxylic acids is 1. The van der Waals surface area contributed by atoms with Crippen molar-refractivity contribution in [1.82, 2.24) is 5.32 Å². The van der Waals surface area contributed by atoms with E-state index in [-0.39, 0.29) is 12.5 Å². The second kappa shape index (κ2) is 6.94. The van der Waals surface area contributed by atoms with E-state index in [4.69, 9.17) is 4.74 Å². The Kier molecular flexibility index (Phi) is 5.23. The maximum atomic E-state index is 11.8. The van der Waals surface area contributed by atoms with Crippen molar-refractivity contribution in [2.75, 3.05) is 13.2 Å². The number of aliphatic hydroxyl groups is 1. The van der Waals surface area contributed by atoms with Crippen molar-refractivity contribution in [2.45, 2.75) is 45.1 Å². The van der Waals surface area contributed by atoms with E-state index in [0.29, 0.717) is 18.2 Å². The van der Waals surface area contributed by atoms with Crippen LogP contribution in [-0.4, -0.2) is 29.8 Å². The number of amides is 1. The van der Waals surface area contributed by atoms with Crippen LogP contribution in [0.25, 0.3) is 0 Å². The average Bonchev–Trinajstić information content (AvgIpc) is 2.47. The van der Waals surface area contributed by atoms with Gasteiger partial charge in [-0.05, 0) is 56.2 Å². The number of hydrogen-bond donors (Lipinski definition) is 2. The molecule has 4 nitrogen and oxygen atoms in total. The fourth-order valence-electron chi connectivity index (χ4n) is 2.64. The van der Waals surface area contributed by atoms with Crippen LogP contribution in [0.4, 0.5) is 0 Å². The predicted octanol–water partition coefficient (Wildman–Crippen LogP) is 2.43. The van der Waals surface area contributed by atoms with Crippen LogP contribution >= 0.6 is 0 Å². The smallest absolute Gasteiger partial charge is 0.258 e. The molecule has 0 aliphatic heterocycles. The normalized spacial score (nSPS) is 25.4. The topological polar surface area (TPSA) is 58.6 Å². The maximum Gasteiger partial charge on any atom is 0.258 e. The van der Waals surface area contributed by atoms with Crippen LogP contribution in [0.1, 0.15) is 38.2 Å². The van der Waals surface area contributed by atoms with Gasteiger partial charge in [-0.1, -0.05) is 19.1 Å². The van der Waals surface area contributed by atoms with Crippen LogP contribution < -0.4 is 10.1 Å². The summed E-state index contributed by atoms with van der Waals surface area (Å²) in [4.78, 5) is 11.8. The highest BCUT2D eigenvalue weighted by molar-refractivity contribution is 5.77. The number of hydrogen-bond acceptors (Lipinski definition) is 3. The van der Waals surface area contributed by atoms with Gasteiger partial charge in [-0.2, -0.15) is 0 Å². The van der Waals surface area contributed by atoms with E-state index in [2.05, 4.69) is 12.2 Å². The molecule has 0 heterocycles. The Morgan fingerprint density at radius 2 is 2.14 bits per heavy atom. The van der Waals surface area contributed by atoms with Gasteiger partial charge in [0.15, 0.2) is 6.61 Å². The molecule has 0 aromatic heterocycles. The van der Waals surface area contributed by atoms with Gasteiger partial charge in [0.1, 0.15) is 5.75 Å². The first kappa shape index (κ1) is 15.8. The fourth-order valence-corrected chi connectivity index (χ4v) is 2.64. The molecule has 1 amide bonds. The number of benzene rings is 1. The molecule has 0 atom stereocenters. The van der Waals surface area contributed by atoms with Crippen LogP contribution in [0, 0.1) is 12.8 Å². The van der Waals surface area contributed by atoms with Crippen molar-refractivity contribution in [2.24, 2.45) is 5.92 Å². The van der Waals surface area contributed by atoms with Gasteiger partial charge in [-0.15, -0.1) is 0 Å². The molecule has 1 saturated carbocycles. The van der Waals surface area contributed by atoms with Crippen molar-refractivity contribution >= 4 is 5.91 Å². The second-order valence-electron chi connectivity index (χ2n) is 6.29. The molecular formula is C17H25NO3. The van der Waals surface area contributed by atoms with Gasteiger partial charge in [0.25, 0.3) is 5.91 Å². The van der Waals surface area contributed by atoms with E-state index in [1.807, 2.05) is 31.2 Å². The molecule has 1 aromatic rings.